The third-order valence-corrected chi connectivity index (χ3v) is 3.48. The van der Waals surface area contributed by atoms with Crippen molar-refractivity contribution < 1.29 is 9.18 Å². The number of hydrogen-bond donors (Lipinski definition) is 1. The maximum atomic E-state index is 13.0. The van der Waals surface area contributed by atoms with E-state index in [1.807, 2.05) is 4.90 Å². The summed E-state index contributed by atoms with van der Waals surface area (Å²) in [4.78, 5) is 14.0. The van der Waals surface area contributed by atoms with Crippen LogP contribution in [0.3, 0.4) is 0 Å². The van der Waals surface area contributed by atoms with Gasteiger partial charge in [-0.25, -0.2) is 4.39 Å². The summed E-state index contributed by atoms with van der Waals surface area (Å²) in [6.07, 6.45) is 5.88. The maximum absolute atomic E-state index is 13.0. The standard InChI is InChI=1S/C15H21FN2O/c16-13-7-6-8-14(11-13)17-12-15(19)18-9-4-2-1-3-5-10-18/h6-8,11,17H,1-5,9-10,12H2. The van der Waals surface area contributed by atoms with Gasteiger partial charge >= 0.3 is 0 Å². The van der Waals surface area contributed by atoms with Crippen LogP contribution in [0.1, 0.15) is 32.1 Å². The Balaban J connectivity index is 1.82. The van der Waals surface area contributed by atoms with E-state index in [2.05, 4.69) is 5.32 Å². The molecule has 1 amide bonds. The minimum Gasteiger partial charge on any atom is -0.376 e. The van der Waals surface area contributed by atoms with Crippen LogP contribution in [0.25, 0.3) is 0 Å². The first-order valence-corrected chi connectivity index (χ1v) is 7.03. The van der Waals surface area contributed by atoms with Crippen molar-refractivity contribution in [2.24, 2.45) is 0 Å². The van der Waals surface area contributed by atoms with E-state index in [0.29, 0.717) is 5.69 Å². The molecule has 0 aliphatic carbocycles. The van der Waals surface area contributed by atoms with Gasteiger partial charge in [-0.1, -0.05) is 25.3 Å². The number of amides is 1. The predicted octanol–water partition coefficient (Wildman–Crippen LogP) is 3.03. The average molecular weight is 264 g/mol. The van der Waals surface area contributed by atoms with Gasteiger partial charge in [0.2, 0.25) is 5.91 Å². The first-order valence-electron chi connectivity index (χ1n) is 7.03. The third kappa shape index (κ3) is 4.54. The molecule has 3 nitrogen and oxygen atoms in total. The van der Waals surface area contributed by atoms with Crippen LogP contribution in [-0.2, 0) is 4.79 Å². The van der Waals surface area contributed by atoms with Gasteiger partial charge in [-0.3, -0.25) is 4.79 Å². The Morgan fingerprint density at radius 1 is 1.16 bits per heavy atom. The molecule has 1 N–H and O–H groups in total. The molecule has 2 rings (SSSR count). The molecule has 0 unspecified atom stereocenters. The summed E-state index contributed by atoms with van der Waals surface area (Å²) >= 11 is 0. The smallest absolute Gasteiger partial charge is 0.241 e. The van der Waals surface area contributed by atoms with Gasteiger partial charge in [-0.15, -0.1) is 0 Å². The van der Waals surface area contributed by atoms with Crippen molar-refractivity contribution in [3.63, 3.8) is 0 Å². The second-order valence-electron chi connectivity index (χ2n) is 5.01. The molecule has 1 aliphatic heterocycles. The number of nitrogens with one attached hydrogen (secondary N) is 1. The molecule has 0 bridgehead atoms. The van der Waals surface area contributed by atoms with Crippen molar-refractivity contribution in [3.8, 4) is 0 Å². The summed E-state index contributed by atoms with van der Waals surface area (Å²) in [5.41, 5.74) is 0.653. The van der Waals surface area contributed by atoms with Gasteiger partial charge in [0, 0.05) is 18.8 Å². The summed E-state index contributed by atoms with van der Waals surface area (Å²) < 4.78 is 13.0. The molecular formula is C15H21FN2O. The number of halogens is 1. The Bertz CT molecular complexity index is 414. The Morgan fingerprint density at radius 2 is 1.84 bits per heavy atom. The van der Waals surface area contributed by atoms with Crippen molar-refractivity contribution >= 4 is 11.6 Å². The lowest BCUT2D eigenvalue weighted by Crippen LogP contribution is -2.37. The molecule has 0 radical (unpaired) electrons. The summed E-state index contributed by atoms with van der Waals surface area (Å²) in [5, 5.41) is 2.99. The summed E-state index contributed by atoms with van der Waals surface area (Å²) in [7, 11) is 0. The highest BCUT2D eigenvalue weighted by molar-refractivity contribution is 5.80. The molecule has 0 aromatic heterocycles. The number of nitrogens with zero attached hydrogens (tertiary/aromatic N) is 1. The Kier molecular flexibility index (Phi) is 5.19. The van der Waals surface area contributed by atoms with E-state index in [1.165, 1.54) is 31.4 Å². The van der Waals surface area contributed by atoms with E-state index in [4.69, 9.17) is 0 Å². The molecule has 0 saturated carbocycles. The number of benzene rings is 1. The second-order valence-corrected chi connectivity index (χ2v) is 5.01. The molecule has 1 fully saturated rings. The minimum atomic E-state index is -0.288. The van der Waals surface area contributed by atoms with Crippen LogP contribution in [0.5, 0.6) is 0 Å². The topological polar surface area (TPSA) is 32.3 Å². The van der Waals surface area contributed by atoms with Crippen LogP contribution in [0.2, 0.25) is 0 Å². The molecule has 1 saturated heterocycles. The van der Waals surface area contributed by atoms with E-state index in [0.717, 1.165) is 25.9 Å². The number of rotatable bonds is 3. The number of likely N-dealkylation sites (tertiary alicyclic amines) is 1. The van der Waals surface area contributed by atoms with Gasteiger partial charge in [0.05, 0.1) is 6.54 Å². The van der Waals surface area contributed by atoms with E-state index >= 15 is 0 Å². The zero-order valence-electron chi connectivity index (χ0n) is 11.2. The Labute approximate surface area is 113 Å². The largest absolute Gasteiger partial charge is 0.376 e. The lowest BCUT2D eigenvalue weighted by atomic mass is 10.1. The fourth-order valence-corrected chi connectivity index (χ4v) is 2.38. The van der Waals surface area contributed by atoms with Gasteiger partial charge in [0.1, 0.15) is 5.82 Å². The van der Waals surface area contributed by atoms with E-state index < -0.39 is 0 Å². The monoisotopic (exact) mass is 264 g/mol. The summed E-state index contributed by atoms with van der Waals surface area (Å²) in [6.45, 7) is 1.94. The molecule has 1 aliphatic rings. The zero-order valence-corrected chi connectivity index (χ0v) is 11.2. The molecule has 0 spiro atoms. The van der Waals surface area contributed by atoms with E-state index in [-0.39, 0.29) is 18.3 Å². The minimum absolute atomic E-state index is 0.103. The molecule has 19 heavy (non-hydrogen) atoms. The van der Waals surface area contributed by atoms with E-state index in [9.17, 15) is 9.18 Å². The van der Waals surface area contributed by atoms with Gasteiger partial charge in [-0.2, -0.15) is 0 Å². The first-order chi connectivity index (χ1) is 9.25. The van der Waals surface area contributed by atoms with Crippen LogP contribution in [-0.4, -0.2) is 30.4 Å². The number of carbonyl (C=O) groups is 1. The quantitative estimate of drug-likeness (QED) is 0.910. The summed E-state index contributed by atoms with van der Waals surface area (Å²) in [5.74, 6) is -0.185. The van der Waals surface area contributed by atoms with Crippen LogP contribution in [0, 0.1) is 5.82 Å². The van der Waals surface area contributed by atoms with Crippen molar-refractivity contribution in [2.45, 2.75) is 32.1 Å². The van der Waals surface area contributed by atoms with Crippen molar-refractivity contribution in [1.82, 2.24) is 4.90 Å². The lowest BCUT2D eigenvalue weighted by Gasteiger charge is -2.25. The zero-order chi connectivity index (χ0) is 13.5. The SMILES string of the molecule is O=C(CNc1cccc(F)c1)N1CCCCCCC1. The third-order valence-electron chi connectivity index (χ3n) is 3.48. The maximum Gasteiger partial charge on any atom is 0.241 e. The Morgan fingerprint density at radius 3 is 2.53 bits per heavy atom. The highest BCUT2D eigenvalue weighted by Gasteiger charge is 2.14. The fourth-order valence-electron chi connectivity index (χ4n) is 2.38. The highest BCUT2D eigenvalue weighted by atomic mass is 19.1. The van der Waals surface area contributed by atoms with Gasteiger partial charge in [0.15, 0.2) is 0 Å². The van der Waals surface area contributed by atoms with E-state index in [1.54, 1.807) is 12.1 Å². The van der Waals surface area contributed by atoms with Crippen LogP contribution in [0.15, 0.2) is 24.3 Å². The second kappa shape index (κ2) is 7.12. The Hall–Kier alpha value is -1.58. The molecule has 1 heterocycles. The molecular weight excluding hydrogens is 243 g/mol. The van der Waals surface area contributed by atoms with Gasteiger partial charge < -0.3 is 10.2 Å². The summed E-state index contributed by atoms with van der Waals surface area (Å²) in [6, 6.07) is 6.20. The predicted molar refractivity (Wildman–Crippen MR) is 74.6 cm³/mol. The van der Waals surface area contributed by atoms with Crippen molar-refractivity contribution in [3.05, 3.63) is 30.1 Å². The molecule has 0 atom stereocenters. The van der Waals surface area contributed by atoms with Crippen molar-refractivity contribution in [1.29, 1.82) is 0 Å². The fraction of sp³-hybridized carbons (Fsp3) is 0.533. The number of carbonyl (C=O) groups excluding carboxylic acids is 1. The molecule has 1 aromatic rings. The lowest BCUT2D eigenvalue weighted by molar-refractivity contribution is -0.129. The first kappa shape index (κ1) is 13.8. The molecule has 4 heteroatoms. The van der Waals surface area contributed by atoms with Crippen molar-refractivity contribution in [2.75, 3.05) is 25.0 Å². The number of anilines is 1. The average Bonchev–Trinajstić information content (AvgIpc) is 2.36. The van der Waals surface area contributed by atoms with Crippen LogP contribution >= 0.6 is 0 Å². The van der Waals surface area contributed by atoms with Crippen LogP contribution in [0.4, 0.5) is 10.1 Å². The molecule has 104 valence electrons. The van der Waals surface area contributed by atoms with Gasteiger partial charge in [0.25, 0.3) is 0 Å². The highest BCUT2D eigenvalue weighted by Crippen LogP contribution is 2.12. The van der Waals surface area contributed by atoms with Crippen LogP contribution < -0.4 is 5.32 Å². The molecule has 1 aromatic carbocycles. The normalized spacial score (nSPS) is 16.6. The number of hydrogen-bond acceptors (Lipinski definition) is 2. The van der Waals surface area contributed by atoms with Gasteiger partial charge in [-0.05, 0) is 31.0 Å².